The van der Waals surface area contributed by atoms with Gasteiger partial charge in [0.1, 0.15) is 0 Å². The highest BCUT2D eigenvalue weighted by molar-refractivity contribution is 6.32. The minimum atomic E-state index is 0.651. The number of nitrogens with one attached hydrogen (secondary N) is 1. The minimum Gasteiger partial charge on any atom is -0.359 e. The van der Waals surface area contributed by atoms with Gasteiger partial charge in [-0.15, -0.1) is 0 Å². The zero-order valence-corrected chi connectivity index (χ0v) is 11.8. The first kappa shape index (κ1) is 12.9. The van der Waals surface area contributed by atoms with Gasteiger partial charge in [-0.1, -0.05) is 48.5 Å². The smallest absolute Gasteiger partial charge is 0.0682 e. The van der Waals surface area contributed by atoms with Crippen molar-refractivity contribution in [3.05, 3.63) is 77.2 Å². The molecule has 2 heterocycles. The summed E-state index contributed by atoms with van der Waals surface area (Å²) in [6.07, 6.45) is 5.34. The molecule has 0 radical (unpaired) electrons. The third kappa shape index (κ3) is 2.47. The van der Waals surface area contributed by atoms with Gasteiger partial charge in [0.15, 0.2) is 0 Å². The normalized spacial score (nSPS) is 15.2. The van der Waals surface area contributed by atoms with Crippen LogP contribution in [0.1, 0.15) is 24.0 Å². The first-order valence-electron chi connectivity index (χ1n) is 6.59. The van der Waals surface area contributed by atoms with Crippen LogP contribution in [-0.2, 0) is 0 Å². The lowest BCUT2D eigenvalue weighted by atomic mass is 9.92. The van der Waals surface area contributed by atoms with E-state index in [0.717, 1.165) is 29.8 Å². The second-order valence-electron chi connectivity index (χ2n) is 4.80. The van der Waals surface area contributed by atoms with Crippen molar-refractivity contribution in [2.75, 3.05) is 0 Å². The largest absolute Gasteiger partial charge is 0.359 e. The molecule has 0 amide bonds. The molecule has 1 aromatic carbocycles. The molecule has 0 fully saturated rings. The van der Waals surface area contributed by atoms with Crippen LogP contribution < -0.4 is 5.32 Å². The Morgan fingerprint density at radius 2 is 1.90 bits per heavy atom. The van der Waals surface area contributed by atoms with Crippen LogP contribution in [0, 0.1) is 0 Å². The van der Waals surface area contributed by atoms with E-state index in [4.69, 9.17) is 11.6 Å². The zero-order chi connectivity index (χ0) is 13.9. The molecule has 2 aromatic rings. The van der Waals surface area contributed by atoms with E-state index in [9.17, 15) is 0 Å². The van der Waals surface area contributed by atoms with E-state index in [-0.39, 0.29) is 0 Å². The molecule has 1 aliphatic rings. The fourth-order valence-corrected chi connectivity index (χ4v) is 2.67. The van der Waals surface area contributed by atoms with E-state index in [1.54, 1.807) is 12.4 Å². The monoisotopic (exact) mass is 282 g/mol. The molecule has 0 atom stereocenters. The van der Waals surface area contributed by atoms with E-state index < -0.39 is 0 Å². The molecular weight excluding hydrogens is 268 g/mol. The SMILES string of the molecule is C=C1CCC(c2ccccc2)=C(c2ccncc2Cl)N1. The molecule has 0 unspecified atom stereocenters. The second-order valence-corrected chi connectivity index (χ2v) is 5.21. The lowest BCUT2D eigenvalue weighted by Crippen LogP contribution is -2.18. The summed E-state index contributed by atoms with van der Waals surface area (Å²) in [5, 5.41) is 4.05. The van der Waals surface area contributed by atoms with Crippen molar-refractivity contribution < 1.29 is 0 Å². The van der Waals surface area contributed by atoms with E-state index in [2.05, 4.69) is 41.1 Å². The summed E-state index contributed by atoms with van der Waals surface area (Å²) in [6.45, 7) is 4.04. The highest BCUT2D eigenvalue weighted by atomic mass is 35.5. The van der Waals surface area contributed by atoms with E-state index >= 15 is 0 Å². The van der Waals surface area contributed by atoms with Crippen molar-refractivity contribution in [1.82, 2.24) is 10.3 Å². The highest BCUT2D eigenvalue weighted by Gasteiger charge is 2.19. The molecule has 20 heavy (non-hydrogen) atoms. The molecule has 100 valence electrons. The first-order valence-corrected chi connectivity index (χ1v) is 6.97. The number of allylic oxidation sites excluding steroid dienone is 2. The van der Waals surface area contributed by atoms with Crippen molar-refractivity contribution in [2.24, 2.45) is 0 Å². The molecule has 3 rings (SSSR count). The van der Waals surface area contributed by atoms with Crippen LogP contribution >= 0.6 is 11.6 Å². The number of pyridine rings is 1. The summed E-state index contributed by atoms with van der Waals surface area (Å²) >= 11 is 6.29. The Kier molecular flexibility index (Phi) is 3.57. The van der Waals surface area contributed by atoms with Gasteiger partial charge in [-0.3, -0.25) is 4.98 Å². The highest BCUT2D eigenvalue weighted by Crippen LogP contribution is 2.35. The Labute approximate surface area is 123 Å². The van der Waals surface area contributed by atoms with Gasteiger partial charge in [0.25, 0.3) is 0 Å². The zero-order valence-electron chi connectivity index (χ0n) is 11.1. The fourth-order valence-electron chi connectivity index (χ4n) is 2.45. The topological polar surface area (TPSA) is 24.9 Å². The average molecular weight is 283 g/mol. The molecule has 1 N–H and O–H groups in total. The van der Waals surface area contributed by atoms with Crippen molar-refractivity contribution >= 4 is 22.9 Å². The third-order valence-corrected chi connectivity index (χ3v) is 3.75. The van der Waals surface area contributed by atoms with Crippen LogP contribution in [0.4, 0.5) is 0 Å². The van der Waals surface area contributed by atoms with Crippen LogP contribution in [-0.4, -0.2) is 4.98 Å². The summed E-state index contributed by atoms with van der Waals surface area (Å²) in [6, 6.07) is 12.3. The third-order valence-electron chi connectivity index (χ3n) is 3.44. The lowest BCUT2D eigenvalue weighted by Gasteiger charge is -2.25. The maximum atomic E-state index is 6.29. The number of hydrogen-bond acceptors (Lipinski definition) is 2. The molecule has 0 bridgehead atoms. The van der Waals surface area contributed by atoms with Gasteiger partial charge < -0.3 is 5.32 Å². The standard InChI is InChI=1S/C17H15ClN2/c1-12-7-8-14(13-5-3-2-4-6-13)17(20-12)15-9-10-19-11-16(15)18/h2-6,9-11,20H,1,7-8H2. The summed E-state index contributed by atoms with van der Waals surface area (Å²) in [4.78, 5) is 4.05. The Morgan fingerprint density at radius 3 is 2.65 bits per heavy atom. The molecule has 3 heteroatoms. The Hall–Kier alpha value is -2.06. The van der Waals surface area contributed by atoms with Crippen molar-refractivity contribution in [3.8, 4) is 0 Å². The average Bonchev–Trinajstić information content (AvgIpc) is 2.48. The van der Waals surface area contributed by atoms with Crippen molar-refractivity contribution in [2.45, 2.75) is 12.8 Å². The number of halogens is 1. The molecular formula is C17H15ClN2. The molecule has 1 aromatic heterocycles. The van der Waals surface area contributed by atoms with Crippen LogP contribution in [0.3, 0.4) is 0 Å². The quantitative estimate of drug-likeness (QED) is 0.877. The fraction of sp³-hybridized carbons (Fsp3) is 0.118. The summed E-state index contributed by atoms with van der Waals surface area (Å²) in [7, 11) is 0. The molecule has 1 aliphatic heterocycles. The Morgan fingerprint density at radius 1 is 1.10 bits per heavy atom. The lowest BCUT2D eigenvalue weighted by molar-refractivity contribution is 0.874. The van der Waals surface area contributed by atoms with E-state index in [0.29, 0.717) is 5.02 Å². The second kappa shape index (κ2) is 5.51. The Balaban J connectivity index is 2.17. The number of hydrogen-bond donors (Lipinski definition) is 1. The maximum Gasteiger partial charge on any atom is 0.0682 e. The van der Waals surface area contributed by atoms with Crippen LogP contribution in [0.25, 0.3) is 11.3 Å². The minimum absolute atomic E-state index is 0.651. The summed E-state index contributed by atoms with van der Waals surface area (Å²) in [5.74, 6) is 0. The number of nitrogens with zero attached hydrogens (tertiary/aromatic N) is 1. The predicted molar refractivity (Wildman–Crippen MR) is 84.0 cm³/mol. The molecule has 0 saturated carbocycles. The van der Waals surface area contributed by atoms with Gasteiger partial charge in [-0.2, -0.15) is 0 Å². The predicted octanol–water partition coefficient (Wildman–Crippen LogP) is 4.50. The van der Waals surface area contributed by atoms with Crippen LogP contribution in [0.15, 0.2) is 61.1 Å². The molecule has 0 saturated heterocycles. The molecule has 0 spiro atoms. The number of aromatic nitrogens is 1. The van der Waals surface area contributed by atoms with Gasteiger partial charge in [-0.05, 0) is 30.0 Å². The van der Waals surface area contributed by atoms with Gasteiger partial charge in [0.2, 0.25) is 0 Å². The van der Waals surface area contributed by atoms with Crippen molar-refractivity contribution in [3.63, 3.8) is 0 Å². The number of benzene rings is 1. The van der Waals surface area contributed by atoms with Crippen LogP contribution in [0.2, 0.25) is 5.02 Å². The van der Waals surface area contributed by atoms with Gasteiger partial charge in [0.05, 0.1) is 10.7 Å². The first-order chi connectivity index (χ1) is 9.75. The maximum absolute atomic E-state index is 6.29. The Bertz CT molecular complexity index is 674. The van der Waals surface area contributed by atoms with Gasteiger partial charge in [0, 0.05) is 23.7 Å². The van der Waals surface area contributed by atoms with Crippen LogP contribution in [0.5, 0.6) is 0 Å². The van der Waals surface area contributed by atoms with E-state index in [1.165, 1.54) is 11.1 Å². The van der Waals surface area contributed by atoms with Gasteiger partial charge in [-0.25, -0.2) is 0 Å². The molecule has 0 aliphatic carbocycles. The van der Waals surface area contributed by atoms with E-state index in [1.807, 2.05) is 12.1 Å². The van der Waals surface area contributed by atoms with Crippen molar-refractivity contribution in [1.29, 1.82) is 0 Å². The van der Waals surface area contributed by atoms with Gasteiger partial charge >= 0.3 is 0 Å². The molecule has 2 nitrogen and oxygen atoms in total. The number of rotatable bonds is 2. The summed E-state index contributed by atoms with van der Waals surface area (Å²) in [5.41, 5.74) is 5.52. The summed E-state index contributed by atoms with van der Waals surface area (Å²) < 4.78 is 0.